The van der Waals surface area contributed by atoms with Crippen LogP contribution in [0.4, 0.5) is 11.4 Å². The molecule has 184 valence electrons. The number of carboxylic acid groups (broad SMARTS) is 2. The third-order valence-electron chi connectivity index (χ3n) is 4.52. The molecule has 0 amide bonds. The summed E-state index contributed by atoms with van der Waals surface area (Å²) in [5.74, 6) is -2.74. The molecule has 8 nitrogen and oxygen atoms in total. The van der Waals surface area contributed by atoms with E-state index in [1.807, 2.05) is 19.9 Å². The molecular formula is C25H23Cl2NO7. The van der Waals surface area contributed by atoms with Gasteiger partial charge in [-0.3, -0.25) is 0 Å². The SMILES string of the molecule is CCOCOC(=O)c1ccccc1Nc1c(Cl)ccc(C)c1Cl.O=C(O)c1cccc(C(=O)O)c1. The van der Waals surface area contributed by atoms with Crippen LogP contribution in [-0.2, 0) is 9.47 Å². The van der Waals surface area contributed by atoms with Crippen molar-refractivity contribution in [3.05, 3.63) is 93.0 Å². The van der Waals surface area contributed by atoms with Crippen LogP contribution in [-0.4, -0.2) is 41.5 Å². The highest BCUT2D eigenvalue weighted by Crippen LogP contribution is 2.36. The zero-order valence-electron chi connectivity index (χ0n) is 18.9. The van der Waals surface area contributed by atoms with Crippen molar-refractivity contribution < 1.29 is 34.1 Å². The van der Waals surface area contributed by atoms with Gasteiger partial charge >= 0.3 is 17.9 Å². The van der Waals surface area contributed by atoms with Crippen LogP contribution in [0.25, 0.3) is 0 Å². The van der Waals surface area contributed by atoms with Gasteiger partial charge in [-0.2, -0.15) is 0 Å². The van der Waals surface area contributed by atoms with Crippen molar-refractivity contribution in [2.45, 2.75) is 13.8 Å². The van der Waals surface area contributed by atoms with E-state index in [1.54, 1.807) is 30.3 Å². The van der Waals surface area contributed by atoms with Crippen LogP contribution in [0.5, 0.6) is 0 Å². The number of esters is 1. The normalized spacial score (nSPS) is 10.1. The average Bonchev–Trinajstić information content (AvgIpc) is 2.85. The molecule has 0 saturated heterocycles. The van der Waals surface area contributed by atoms with Crippen molar-refractivity contribution in [2.24, 2.45) is 0 Å². The molecule has 0 unspecified atom stereocenters. The Kier molecular flexibility index (Phi) is 10.5. The molecule has 3 aromatic rings. The first kappa shape index (κ1) is 27.7. The number of hydrogen-bond acceptors (Lipinski definition) is 6. The second-order valence-electron chi connectivity index (χ2n) is 6.96. The number of carbonyl (C=O) groups is 3. The van der Waals surface area contributed by atoms with Gasteiger partial charge in [-0.25, -0.2) is 14.4 Å². The zero-order valence-corrected chi connectivity index (χ0v) is 20.4. The number of benzene rings is 3. The van der Waals surface area contributed by atoms with Crippen LogP contribution in [0.1, 0.15) is 43.6 Å². The van der Waals surface area contributed by atoms with Crippen molar-refractivity contribution in [2.75, 3.05) is 18.7 Å². The Labute approximate surface area is 212 Å². The Morgan fingerprint density at radius 1 is 0.914 bits per heavy atom. The van der Waals surface area contributed by atoms with E-state index >= 15 is 0 Å². The first-order chi connectivity index (χ1) is 16.6. The fourth-order valence-corrected chi connectivity index (χ4v) is 3.18. The van der Waals surface area contributed by atoms with Crippen LogP contribution in [0, 0.1) is 6.92 Å². The summed E-state index contributed by atoms with van der Waals surface area (Å²) < 4.78 is 10.1. The summed E-state index contributed by atoms with van der Waals surface area (Å²) >= 11 is 12.5. The van der Waals surface area contributed by atoms with Gasteiger partial charge in [-0.1, -0.05) is 47.5 Å². The summed E-state index contributed by atoms with van der Waals surface area (Å²) in [5, 5.41) is 21.1. The van der Waals surface area contributed by atoms with Crippen LogP contribution < -0.4 is 5.32 Å². The van der Waals surface area contributed by atoms with Crippen molar-refractivity contribution in [1.82, 2.24) is 0 Å². The standard InChI is InChI=1S/C17H17Cl2NO3.C8H6O4/c1-3-22-10-23-17(21)12-6-4-5-7-14(12)20-16-13(18)9-8-11(2)15(16)19;9-7(10)5-2-1-3-6(4-5)8(11)12/h4-9,20H,3,10H2,1-2H3;1-4H,(H,9,10)(H,11,12). The number of rotatable bonds is 8. The van der Waals surface area contributed by atoms with Gasteiger partial charge in [0.2, 0.25) is 0 Å². The van der Waals surface area contributed by atoms with Gasteiger partial charge in [-0.05, 0) is 55.8 Å². The molecule has 3 N–H and O–H groups in total. The Hall–Kier alpha value is -3.59. The van der Waals surface area contributed by atoms with Crippen LogP contribution >= 0.6 is 23.2 Å². The molecule has 0 bridgehead atoms. The molecule has 0 atom stereocenters. The van der Waals surface area contributed by atoms with Crippen molar-refractivity contribution in [3.8, 4) is 0 Å². The lowest BCUT2D eigenvalue weighted by Gasteiger charge is -2.15. The highest BCUT2D eigenvalue weighted by Gasteiger charge is 2.15. The number of ether oxygens (including phenoxy) is 2. The maximum absolute atomic E-state index is 12.2. The molecule has 3 rings (SSSR count). The predicted octanol–water partition coefficient (Wildman–Crippen LogP) is 6.28. The van der Waals surface area contributed by atoms with Crippen LogP contribution in [0.3, 0.4) is 0 Å². The molecule has 0 radical (unpaired) electrons. The molecule has 10 heteroatoms. The Morgan fingerprint density at radius 3 is 2.14 bits per heavy atom. The summed E-state index contributed by atoms with van der Waals surface area (Å²) in [6.07, 6.45) is 0. The number of hydrogen-bond donors (Lipinski definition) is 3. The van der Waals surface area contributed by atoms with Crippen molar-refractivity contribution in [1.29, 1.82) is 0 Å². The number of aromatic carboxylic acids is 2. The Bertz CT molecular complexity index is 1180. The highest BCUT2D eigenvalue weighted by molar-refractivity contribution is 6.39. The van der Waals surface area contributed by atoms with Gasteiger partial charge in [0.25, 0.3) is 0 Å². The van der Waals surface area contributed by atoms with Gasteiger partial charge in [0.05, 0.1) is 38.1 Å². The topological polar surface area (TPSA) is 122 Å². The summed E-state index contributed by atoms with van der Waals surface area (Å²) in [6, 6.07) is 15.8. The molecule has 0 heterocycles. The Morgan fingerprint density at radius 2 is 1.54 bits per heavy atom. The lowest BCUT2D eigenvalue weighted by Crippen LogP contribution is -2.11. The molecular weight excluding hydrogens is 497 g/mol. The lowest BCUT2D eigenvalue weighted by atomic mass is 10.1. The number of carboxylic acids is 2. The number of anilines is 2. The Balaban J connectivity index is 0.000000303. The van der Waals surface area contributed by atoms with Gasteiger partial charge in [0, 0.05) is 6.61 Å². The van der Waals surface area contributed by atoms with E-state index in [0.29, 0.717) is 33.6 Å². The zero-order chi connectivity index (χ0) is 26.0. The van der Waals surface area contributed by atoms with E-state index in [1.165, 1.54) is 18.2 Å². The van der Waals surface area contributed by atoms with E-state index in [9.17, 15) is 14.4 Å². The largest absolute Gasteiger partial charge is 0.478 e. The van der Waals surface area contributed by atoms with E-state index in [4.69, 9.17) is 42.9 Å². The van der Waals surface area contributed by atoms with Gasteiger partial charge in [0.15, 0.2) is 6.79 Å². The quantitative estimate of drug-likeness (QED) is 0.180. The van der Waals surface area contributed by atoms with E-state index < -0.39 is 17.9 Å². The second-order valence-corrected chi connectivity index (χ2v) is 7.74. The minimum atomic E-state index is -1.13. The number of aryl methyl sites for hydroxylation is 1. The number of halogens is 2. The molecule has 0 aliphatic heterocycles. The fourth-order valence-electron chi connectivity index (χ4n) is 2.72. The number of para-hydroxylation sites is 1. The highest BCUT2D eigenvalue weighted by atomic mass is 35.5. The summed E-state index contributed by atoms with van der Waals surface area (Å²) in [5.41, 5.74) is 2.34. The van der Waals surface area contributed by atoms with E-state index in [0.717, 1.165) is 11.6 Å². The summed E-state index contributed by atoms with van der Waals surface area (Å²) in [6.45, 7) is 4.09. The second kappa shape index (κ2) is 13.3. The first-order valence-corrected chi connectivity index (χ1v) is 11.0. The van der Waals surface area contributed by atoms with Gasteiger partial charge in [-0.15, -0.1) is 0 Å². The van der Waals surface area contributed by atoms with E-state index in [2.05, 4.69) is 5.32 Å². The van der Waals surface area contributed by atoms with Crippen molar-refractivity contribution in [3.63, 3.8) is 0 Å². The smallest absolute Gasteiger partial charge is 0.342 e. The number of carbonyl (C=O) groups excluding carboxylic acids is 1. The van der Waals surface area contributed by atoms with Crippen molar-refractivity contribution >= 4 is 52.5 Å². The molecule has 3 aromatic carbocycles. The first-order valence-electron chi connectivity index (χ1n) is 10.3. The summed E-state index contributed by atoms with van der Waals surface area (Å²) in [4.78, 5) is 32.9. The van der Waals surface area contributed by atoms with Gasteiger partial charge < -0.3 is 25.0 Å². The molecule has 0 aromatic heterocycles. The minimum Gasteiger partial charge on any atom is -0.478 e. The average molecular weight is 520 g/mol. The maximum atomic E-state index is 12.2. The number of nitrogens with one attached hydrogen (secondary N) is 1. The molecule has 0 aliphatic rings. The molecule has 35 heavy (non-hydrogen) atoms. The maximum Gasteiger partial charge on any atom is 0.342 e. The third-order valence-corrected chi connectivity index (χ3v) is 5.33. The lowest BCUT2D eigenvalue weighted by molar-refractivity contribution is -0.0273. The van der Waals surface area contributed by atoms with E-state index in [-0.39, 0.29) is 17.9 Å². The van der Waals surface area contributed by atoms with Crippen LogP contribution in [0.2, 0.25) is 10.0 Å². The molecule has 0 fully saturated rings. The third kappa shape index (κ3) is 7.99. The summed E-state index contributed by atoms with van der Waals surface area (Å²) in [7, 11) is 0. The minimum absolute atomic E-state index is 0.0186. The van der Waals surface area contributed by atoms with Gasteiger partial charge in [0.1, 0.15) is 0 Å². The monoisotopic (exact) mass is 519 g/mol. The van der Waals surface area contributed by atoms with Crippen LogP contribution in [0.15, 0.2) is 60.7 Å². The predicted molar refractivity (Wildman–Crippen MR) is 133 cm³/mol. The fraction of sp³-hybridized carbons (Fsp3) is 0.160. The molecule has 0 spiro atoms. The molecule has 0 saturated carbocycles. The molecule has 0 aliphatic carbocycles.